The molecule has 2 aromatic carbocycles. The molecule has 0 N–H and O–H groups in total. The quantitative estimate of drug-likeness (QED) is 0.273. The van der Waals surface area contributed by atoms with Crippen LogP contribution in [-0.4, -0.2) is 17.7 Å². The summed E-state index contributed by atoms with van der Waals surface area (Å²) in [6.45, 7) is 7.78. The SMILES string of the molecule is CCCCCCc1cc(=O)oc2c3c(cc(C)c12)C(=O)c1cccc(OC(C)C)c1C3=O. The Kier molecular flexibility index (Phi) is 6.00. The highest BCUT2D eigenvalue weighted by Crippen LogP contribution is 2.38. The monoisotopic (exact) mass is 432 g/mol. The Hall–Kier alpha value is -3.21. The molecular weight excluding hydrogens is 404 g/mol. The Bertz CT molecular complexity index is 1280. The Morgan fingerprint density at radius 3 is 2.44 bits per heavy atom. The summed E-state index contributed by atoms with van der Waals surface area (Å²) in [4.78, 5) is 39.5. The van der Waals surface area contributed by atoms with E-state index in [1.54, 1.807) is 24.3 Å². The fourth-order valence-electron chi connectivity index (χ4n) is 4.55. The van der Waals surface area contributed by atoms with Crippen LogP contribution < -0.4 is 10.4 Å². The van der Waals surface area contributed by atoms with E-state index in [1.807, 2.05) is 20.8 Å². The van der Waals surface area contributed by atoms with Gasteiger partial charge in [0, 0.05) is 22.6 Å². The molecule has 4 rings (SSSR count). The molecule has 32 heavy (non-hydrogen) atoms. The summed E-state index contributed by atoms with van der Waals surface area (Å²) in [6.07, 6.45) is 4.85. The van der Waals surface area contributed by atoms with Gasteiger partial charge in [-0.3, -0.25) is 9.59 Å². The Morgan fingerprint density at radius 1 is 0.938 bits per heavy atom. The standard InChI is InChI=1S/C27H28O5/c1-5-6-7-8-10-17-14-21(28)32-27-22(17)16(4)13-19-24(27)26(30)23-18(25(19)29)11-9-12-20(23)31-15(2)3/h9,11-15H,5-8,10H2,1-4H3. The molecular formula is C27H28O5. The highest BCUT2D eigenvalue weighted by atomic mass is 16.5. The normalized spacial score (nSPS) is 12.9. The first-order chi connectivity index (χ1) is 15.3. The van der Waals surface area contributed by atoms with Gasteiger partial charge in [0.2, 0.25) is 5.78 Å². The maximum Gasteiger partial charge on any atom is 0.336 e. The zero-order valence-electron chi connectivity index (χ0n) is 19.0. The van der Waals surface area contributed by atoms with Crippen molar-refractivity contribution in [1.29, 1.82) is 0 Å². The van der Waals surface area contributed by atoms with E-state index in [2.05, 4.69) is 6.92 Å². The van der Waals surface area contributed by atoms with Crippen molar-refractivity contribution in [3.63, 3.8) is 0 Å². The van der Waals surface area contributed by atoms with Gasteiger partial charge < -0.3 is 9.15 Å². The molecule has 5 nitrogen and oxygen atoms in total. The molecule has 1 aliphatic rings. The highest BCUT2D eigenvalue weighted by Gasteiger charge is 2.36. The minimum Gasteiger partial charge on any atom is -0.490 e. The van der Waals surface area contributed by atoms with Crippen LogP contribution in [0.2, 0.25) is 0 Å². The zero-order chi connectivity index (χ0) is 23.0. The van der Waals surface area contributed by atoms with Crippen LogP contribution in [0.1, 0.15) is 89.4 Å². The molecule has 0 spiro atoms. The first-order valence-electron chi connectivity index (χ1n) is 11.3. The van der Waals surface area contributed by atoms with E-state index in [4.69, 9.17) is 9.15 Å². The van der Waals surface area contributed by atoms with Crippen LogP contribution >= 0.6 is 0 Å². The van der Waals surface area contributed by atoms with Gasteiger partial charge in [-0.1, -0.05) is 38.3 Å². The Balaban J connectivity index is 1.93. The highest BCUT2D eigenvalue weighted by molar-refractivity contribution is 6.32. The molecule has 0 saturated carbocycles. The number of carbonyl (C=O) groups is 2. The van der Waals surface area contributed by atoms with Gasteiger partial charge in [-0.15, -0.1) is 0 Å². The van der Waals surface area contributed by atoms with Crippen LogP contribution in [0.5, 0.6) is 5.75 Å². The molecule has 0 aliphatic heterocycles. The average molecular weight is 433 g/mol. The number of hydrogen-bond acceptors (Lipinski definition) is 5. The first-order valence-corrected chi connectivity index (χ1v) is 11.3. The van der Waals surface area contributed by atoms with Crippen LogP contribution in [0.15, 0.2) is 39.5 Å². The van der Waals surface area contributed by atoms with E-state index in [0.717, 1.165) is 48.6 Å². The summed E-state index contributed by atoms with van der Waals surface area (Å²) >= 11 is 0. The van der Waals surface area contributed by atoms with E-state index in [9.17, 15) is 14.4 Å². The number of hydrogen-bond donors (Lipinski definition) is 0. The van der Waals surface area contributed by atoms with E-state index in [-0.39, 0.29) is 39.9 Å². The maximum atomic E-state index is 13.7. The molecule has 1 aliphatic carbocycles. The molecule has 1 aromatic heterocycles. The lowest BCUT2D eigenvalue weighted by Gasteiger charge is -2.23. The summed E-state index contributed by atoms with van der Waals surface area (Å²) in [7, 11) is 0. The molecule has 166 valence electrons. The van der Waals surface area contributed by atoms with Crippen LogP contribution in [0.4, 0.5) is 0 Å². The molecule has 0 atom stereocenters. The number of fused-ring (bicyclic) bond motifs is 4. The number of aryl methyl sites for hydroxylation is 2. The lowest BCUT2D eigenvalue weighted by atomic mass is 9.81. The van der Waals surface area contributed by atoms with Crippen molar-refractivity contribution in [3.8, 4) is 5.75 Å². The third-order valence-electron chi connectivity index (χ3n) is 5.93. The minimum absolute atomic E-state index is 0.159. The van der Waals surface area contributed by atoms with Gasteiger partial charge in [0.05, 0.1) is 17.2 Å². The maximum absolute atomic E-state index is 13.7. The predicted octanol–water partition coefficient (Wildman–Crippen LogP) is 5.79. The number of ether oxygens (including phenoxy) is 1. The Morgan fingerprint density at radius 2 is 1.72 bits per heavy atom. The van der Waals surface area contributed by atoms with Crippen LogP contribution in [0, 0.1) is 6.92 Å². The van der Waals surface area contributed by atoms with Gasteiger partial charge in [0.1, 0.15) is 5.75 Å². The lowest BCUT2D eigenvalue weighted by molar-refractivity contribution is 0.0974. The lowest BCUT2D eigenvalue weighted by Crippen LogP contribution is -2.24. The summed E-state index contributed by atoms with van der Waals surface area (Å²) in [5.41, 5.74) is 2.39. The van der Waals surface area contributed by atoms with Crippen molar-refractivity contribution in [1.82, 2.24) is 0 Å². The van der Waals surface area contributed by atoms with E-state index < -0.39 is 5.63 Å². The van der Waals surface area contributed by atoms with E-state index in [0.29, 0.717) is 11.3 Å². The second kappa shape index (κ2) is 8.73. The predicted molar refractivity (Wildman–Crippen MR) is 124 cm³/mol. The molecule has 0 radical (unpaired) electrons. The smallest absolute Gasteiger partial charge is 0.336 e. The fourth-order valence-corrected chi connectivity index (χ4v) is 4.55. The van der Waals surface area contributed by atoms with Gasteiger partial charge in [-0.25, -0.2) is 4.79 Å². The second-order valence-corrected chi connectivity index (χ2v) is 8.73. The number of benzene rings is 2. The third kappa shape index (κ3) is 3.77. The van der Waals surface area contributed by atoms with Gasteiger partial charge in [-0.05, 0) is 56.9 Å². The molecule has 0 fully saturated rings. The number of unbranched alkanes of at least 4 members (excludes halogenated alkanes) is 3. The third-order valence-corrected chi connectivity index (χ3v) is 5.93. The summed E-state index contributed by atoms with van der Waals surface area (Å²) in [5, 5.41) is 0.756. The topological polar surface area (TPSA) is 73.6 Å². The van der Waals surface area contributed by atoms with Gasteiger partial charge in [0.15, 0.2) is 11.4 Å². The first kappa shape index (κ1) is 22.0. The largest absolute Gasteiger partial charge is 0.490 e. The minimum atomic E-state index is -0.506. The van der Waals surface area contributed by atoms with E-state index in [1.165, 1.54) is 6.07 Å². The number of rotatable bonds is 7. The molecule has 5 heteroatoms. The summed E-state index contributed by atoms with van der Waals surface area (Å²) < 4.78 is 11.4. The van der Waals surface area contributed by atoms with E-state index >= 15 is 0 Å². The van der Waals surface area contributed by atoms with Gasteiger partial charge >= 0.3 is 5.63 Å². The van der Waals surface area contributed by atoms with Crippen molar-refractivity contribution >= 4 is 22.5 Å². The molecule has 1 heterocycles. The number of carbonyl (C=O) groups excluding carboxylic acids is 2. The van der Waals surface area contributed by atoms with Crippen molar-refractivity contribution in [3.05, 3.63) is 74.1 Å². The van der Waals surface area contributed by atoms with Crippen molar-refractivity contribution in [2.24, 2.45) is 0 Å². The summed E-state index contributed by atoms with van der Waals surface area (Å²) in [6, 6.07) is 8.33. The second-order valence-electron chi connectivity index (χ2n) is 8.73. The number of ketones is 2. The van der Waals surface area contributed by atoms with Crippen molar-refractivity contribution < 1.29 is 18.7 Å². The molecule has 0 bridgehead atoms. The van der Waals surface area contributed by atoms with Crippen LogP contribution in [0.3, 0.4) is 0 Å². The summed E-state index contributed by atoms with van der Waals surface area (Å²) in [5.74, 6) is -0.236. The fraction of sp³-hybridized carbons (Fsp3) is 0.370. The Labute approximate surface area is 187 Å². The van der Waals surface area contributed by atoms with Crippen LogP contribution in [0.25, 0.3) is 11.0 Å². The average Bonchev–Trinajstić information content (AvgIpc) is 2.74. The van der Waals surface area contributed by atoms with Crippen molar-refractivity contribution in [2.45, 2.75) is 65.9 Å². The van der Waals surface area contributed by atoms with Crippen molar-refractivity contribution in [2.75, 3.05) is 0 Å². The van der Waals surface area contributed by atoms with Gasteiger partial charge in [-0.2, -0.15) is 0 Å². The molecule has 0 unspecified atom stereocenters. The molecule has 0 amide bonds. The van der Waals surface area contributed by atoms with Crippen LogP contribution in [-0.2, 0) is 6.42 Å². The molecule has 3 aromatic rings. The zero-order valence-corrected chi connectivity index (χ0v) is 19.0. The molecule has 0 saturated heterocycles. The van der Waals surface area contributed by atoms with Gasteiger partial charge in [0.25, 0.3) is 0 Å².